The molecular weight excluding hydrogens is 448 g/mol. The second kappa shape index (κ2) is 8.20. The van der Waals surface area contributed by atoms with Crippen molar-refractivity contribution >= 4 is 16.4 Å². The van der Waals surface area contributed by atoms with Crippen molar-refractivity contribution in [3.63, 3.8) is 0 Å². The summed E-state index contributed by atoms with van der Waals surface area (Å²) in [5, 5.41) is 6.85. The van der Waals surface area contributed by atoms with E-state index in [0.29, 0.717) is 11.7 Å². The number of benzene rings is 4. The molecule has 6 heteroatoms. The Morgan fingerprint density at radius 1 is 0.889 bits per heavy atom. The Balaban J connectivity index is 1.37. The van der Waals surface area contributed by atoms with E-state index in [4.69, 9.17) is 14.5 Å². The van der Waals surface area contributed by atoms with Gasteiger partial charge in [0.05, 0.1) is 5.56 Å². The first-order valence-corrected chi connectivity index (χ1v) is 11.9. The van der Waals surface area contributed by atoms with Crippen LogP contribution in [0.3, 0.4) is 0 Å². The molecule has 7 rings (SSSR count). The van der Waals surface area contributed by atoms with E-state index in [1.807, 2.05) is 42.5 Å². The predicted octanol–water partition coefficient (Wildman–Crippen LogP) is 6.45. The highest BCUT2D eigenvalue weighted by Gasteiger charge is 2.34. The molecule has 0 N–H and O–H groups in total. The van der Waals surface area contributed by atoms with Gasteiger partial charge in [0.25, 0.3) is 0 Å². The highest BCUT2D eigenvalue weighted by Crippen LogP contribution is 2.50. The Morgan fingerprint density at radius 2 is 1.69 bits per heavy atom. The molecular formula is C30H22N4O2. The Morgan fingerprint density at radius 3 is 2.56 bits per heavy atom. The molecule has 2 aromatic heterocycles. The molecule has 174 valence electrons. The van der Waals surface area contributed by atoms with Crippen LogP contribution < -0.4 is 9.47 Å². The molecule has 0 fully saturated rings. The zero-order valence-electron chi connectivity index (χ0n) is 19.6. The summed E-state index contributed by atoms with van der Waals surface area (Å²) in [7, 11) is 0. The maximum atomic E-state index is 6.48. The van der Waals surface area contributed by atoms with Crippen LogP contribution in [0.4, 0.5) is 0 Å². The van der Waals surface area contributed by atoms with Crippen molar-refractivity contribution in [3.05, 3.63) is 125 Å². The molecule has 0 unspecified atom stereocenters. The van der Waals surface area contributed by atoms with Crippen molar-refractivity contribution in [3.8, 4) is 17.4 Å². The molecule has 0 saturated heterocycles. The number of hydrogen-bond acceptors (Lipinski definition) is 5. The molecule has 0 radical (unpaired) electrons. The van der Waals surface area contributed by atoms with Crippen molar-refractivity contribution in [2.45, 2.75) is 19.4 Å². The van der Waals surface area contributed by atoms with E-state index in [9.17, 15) is 0 Å². The molecule has 6 nitrogen and oxygen atoms in total. The topological polar surface area (TPSA) is 61.5 Å². The fourth-order valence-electron chi connectivity index (χ4n) is 4.93. The van der Waals surface area contributed by atoms with Crippen LogP contribution in [0.25, 0.3) is 16.4 Å². The van der Waals surface area contributed by atoms with Crippen molar-refractivity contribution < 1.29 is 9.47 Å². The molecule has 0 saturated carbocycles. The number of nitrogens with zero attached hydrogens (tertiary/aromatic N) is 4. The SMILES string of the molecule is Cc1ccc(OCc2nc3c4c(ncn3n2)Oc2c(ccc3ccccc23)[C@H]4c2ccccc2)cc1. The molecule has 4 aromatic carbocycles. The standard InChI is InChI=1S/C30H22N4O2/c1-19-11-14-22(15-12-19)35-17-25-32-29-27-26(21-8-3-2-4-9-21)24-16-13-20-7-5-6-10-23(20)28(24)36-30(27)31-18-34(29)33-25/h2-16,18,26H,17H2,1H3/t26-/m1/s1. The van der Waals surface area contributed by atoms with E-state index in [2.05, 4.69) is 65.5 Å². The summed E-state index contributed by atoms with van der Waals surface area (Å²) in [6, 6.07) is 31.0. The summed E-state index contributed by atoms with van der Waals surface area (Å²) in [6.45, 7) is 2.31. The Kier molecular flexibility index (Phi) is 4.70. The van der Waals surface area contributed by atoms with Crippen LogP contribution in [-0.2, 0) is 6.61 Å². The van der Waals surface area contributed by atoms with E-state index in [0.717, 1.165) is 44.6 Å². The van der Waals surface area contributed by atoms with E-state index < -0.39 is 0 Å². The smallest absolute Gasteiger partial charge is 0.228 e. The summed E-state index contributed by atoms with van der Waals surface area (Å²) in [6.07, 6.45) is 1.66. The molecule has 1 aliphatic heterocycles. The maximum Gasteiger partial charge on any atom is 0.228 e. The number of rotatable bonds is 4. The molecule has 1 atom stereocenters. The summed E-state index contributed by atoms with van der Waals surface area (Å²) < 4.78 is 14.1. The first kappa shape index (κ1) is 20.6. The van der Waals surface area contributed by atoms with E-state index in [1.54, 1.807) is 10.8 Å². The number of aryl methyl sites for hydroxylation is 1. The maximum absolute atomic E-state index is 6.48. The lowest BCUT2D eigenvalue weighted by atomic mass is 9.83. The monoisotopic (exact) mass is 470 g/mol. The molecule has 36 heavy (non-hydrogen) atoms. The third kappa shape index (κ3) is 3.38. The van der Waals surface area contributed by atoms with Gasteiger partial charge in [0.2, 0.25) is 5.88 Å². The van der Waals surface area contributed by atoms with Gasteiger partial charge >= 0.3 is 0 Å². The normalized spacial score (nSPS) is 14.3. The van der Waals surface area contributed by atoms with Crippen LogP contribution in [0.1, 0.15) is 34.0 Å². The van der Waals surface area contributed by atoms with E-state index in [1.165, 1.54) is 5.56 Å². The molecule has 0 bridgehead atoms. The molecule has 3 heterocycles. The highest BCUT2D eigenvalue weighted by atomic mass is 16.5. The summed E-state index contributed by atoms with van der Waals surface area (Å²) in [5.74, 6) is 2.67. The van der Waals surface area contributed by atoms with Crippen molar-refractivity contribution in [1.29, 1.82) is 0 Å². The van der Waals surface area contributed by atoms with Crippen LogP contribution in [0, 0.1) is 6.92 Å². The van der Waals surface area contributed by atoms with Gasteiger partial charge in [-0.3, -0.25) is 0 Å². The van der Waals surface area contributed by atoms with Gasteiger partial charge in [0.15, 0.2) is 11.5 Å². The van der Waals surface area contributed by atoms with E-state index in [-0.39, 0.29) is 12.5 Å². The van der Waals surface area contributed by atoms with Crippen LogP contribution in [0.15, 0.2) is 97.3 Å². The highest BCUT2D eigenvalue weighted by molar-refractivity contribution is 5.91. The predicted molar refractivity (Wildman–Crippen MR) is 138 cm³/mol. The fourth-order valence-corrected chi connectivity index (χ4v) is 4.93. The first-order chi connectivity index (χ1) is 17.7. The van der Waals surface area contributed by atoms with Gasteiger partial charge in [-0.2, -0.15) is 0 Å². The lowest BCUT2D eigenvalue weighted by Gasteiger charge is -2.28. The third-order valence-electron chi connectivity index (χ3n) is 6.66. The Bertz CT molecular complexity index is 1730. The van der Waals surface area contributed by atoms with E-state index >= 15 is 0 Å². The minimum atomic E-state index is -0.0965. The number of hydrogen-bond donors (Lipinski definition) is 0. The minimum absolute atomic E-state index is 0.0965. The Hall–Kier alpha value is -4.71. The summed E-state index contributed by atoms with van der Waals surface area (Å²) >= 11 is 0. The second-order valence-electron chi connectivity index (χ2n) is 9.01. The quantitative estimate of drug-likeness (QED) is 0.296. The number of aromatic nitrogens is 4. The van der Waals surface area contributed by atoms with Crippen LogP contribution >= 0.6 is 0 Å². The van der Waals surface area contributed by atoms with Crippen LogP contribution in [0.5, 0.6) is 17.4 Å². The van der Waals surface area contributed by atoms with Gasteiger partial charge in [-0.25, -0.2) is 14.5 Å². The fraction of sp³-hybridized carbons (Fsp3) is 0.100. The van der Waals surface area contributed by atoms with Crippen molar-refractivity contribution in [1.82, 2.24) is 19.6 Å². The Labute approximate surface area is 207 Å². The lowest BCUT2D eigenvalue weighted by Crippen LogP contribution is -2.15. The van der Waals surface area contributed by atoms with Crippen LogP contribution in [-0.4, -0.2) is 19.6 Å². The largest absolute Gasteiger partial charge is 0.486 e. The molecule has 0 spiro atoms. The summed E-state index contributed by atoms with van der Waals surface area (Å²) in [4.78, 5) is 9.54. The third-order valence-corrected chi connectivity index (χ3v) is 6.66. The summed E-state index contributed by atoms with van der Waals surface area (Å²) in [5.41, 5.74) is 5.04. The average Bonchev–Trinajstić information content (AvgIpc) is 3.35. The van der Waals surface area contributed by atoms with Gasteiger partial charge in [-0.05, 0) is 30.0 Å². The zero-order chi connectivity index (χ0) is 24.1. The van der Waals surface area contributed by atoms with Crippen LogP contribution in [0.2, 0.25) is 0 Å². The van der Waals surface area contributed by atoms with Gasteiger partial charge in [0, 0.05) is 16.9 Å². The zero-order valence-corrected chi connectivity index (χ0v) is 19.6. The number of fused-ring (bicyclic) bond motifs is 6. The van der Waals surface area contributed by atoms with Gasteiger partial charge in [-0.1, -0.05) is 84.4 Å². The average molecular weight is 471 g/mol. The lowest BCUT2D eigenvalue weighted by molar-refractivity contribution is 0.296. The van der Waals surface area contributed by atoms with Crippen molar-refractivity contribution in [2.75, 3.05) is 0 Å². The first-order valence-electron chi connectivity index (χ1n) is 11.9. The van der Waals surface area contributed by atoms with Gasteiger partial charge < -0.3 is 9.47 Å². The minimum Gasteiger partial charge on any atom is -0.486 e. The number of ether oxygens (including phenoxy) is 2. The molecule has 0 amide bonds. The van der Waals surface area contributed by atoms with Gasteiger partial charge in [-0.15, -0.1) is 5.10 Å². The van der Waals surface area contributed by atoms with Crippen molar-refractivity contribution in [2.24, 2.45) is 0 Å². The van der Waals surface area contributed by atoms with Gasteiger partial charge in [0.1, 0.15) is 24.4 Å². The second-order valence-corrected chi connectivity index (χ2v) is 9.01. The molecule has 1 aliphatic rings. The molecule has 0 aliphatic carbocycles. The molecule has 6 aromatic rings.